The highest BCUT2D eigenvalue weighted by Gasteiger charge is 2.13. The van der Waals surface area contributed by atoms with Gasteiger partial charge >= 0.3 is 5.97 Å². The lowest BCUT2D eigenvalue weighted by Crippen LogP contribution is -2.12. The van der Waals surface area contributed by atoms with Gasteiger partial charge in [-0.2, -0.15) is 11.8 Å². The number of anilines is 1. The van der Waals surface area contributed by atoms with Crippen molar-refractivity contribution in [1.29, 1.82) is 0 Å². The van der Waals surface area contributed by atoms with Gasteiger partial charge in [-0.25, -0.2) is 4.79 Å². The second-order valence-corrected chi connectivity index (χ2v) is 5.43. The van der Waals surface area contributed by atoms with E-state index in [2.05, 4.69) is 13.8 Å². The molecule has 0 spiro atoms. The van der Waals surface area contributed by atoms with Gasteiger partial charge in [0, 0.05) is 12.7 Å². The Kier molecular flexibility index (Phi) is 6.72. The molecule has 0 saturated heterocycles. The highest BCUT2D eigenvalue weighted by atomic mass is 32.2. The van der Waals surface area contributed by atoms with E-state index in [1.165, 1.54) is 0 Å². The number of thioether (sulfide) groups is 1. The van der Waals surface area contributed by atoms with Crippen molar-refractivity contribution in [3.8, 4) is 0 Å². The molecule has 0 amide bonds. The van der Waals surface area contributed by atoms with E-state index < -0.39 is 0 Å². The van der Waals surface area contributed by atoms with Gasteiger partial charge in [-0.1, -0.05) is 13.8 Å². The number of aryl methyl sites for hydroxylation is 1. The molecule has 0 fully saturated rings. The lowest BCUT2D eigenvalue weighted by molar-refractivity contribution is 0.0493. The Morgan fingerprint density at radius 3 is 2.94 bits per heavy atom. The molecule has 0 radical (unpaired) electrons. The van der Waals surface area contributed by atoms with Crippen LogP contribution in [0.4, 0.5) is 5.69 Å². The van der Waals surface area contributed by atoms with Crippen LogP contribution in [0.5, 0.6) is 0 Å². The first-order valence-electron chi connectivity index (χ1n) is 6.39. The van der Waals surface area contributed by atoms with E-state index in [1.54, 1.807) is 12.3 Å². The standard InChI is InChI=1S/C13H22N2O2S/c1-3-6-15-10-11(14)9-12(15)13(16)17-7-5-8-18-4-2/h9-10H,3-8,14H2,1-2H3. The number of hydrogen-bond acceptors (Lipinski definition) is 4. The summed E-state index contributed by atoms with van der Waals surface area (Å²) >= 11 is 1.85. The van der Waals surface area contributed by atoms with Crippen molar-refractivity contribution in [3.63, 3.8) is 0 Å². The number of aromatic nitrogens is 1. The van der Waals surface area contributed by atoms with Gasteiger partial charge in [-0.05, 0) is 30.4 Å². The van der Waals surface area contributed by atoms with Crippen molar-refractivity contribution < 1.29 is 9.53 Å². The molecular formula is C13H22N2O2S. The predicted octanol–water partition coefficient (Wildman–Crippen LogP) is 2.78. The summed E-state index contributed by atoms with van der Waals surface area (Å²) in [6.45, 7) is 5.45. The summed E-state index contributed by atoms with van der Waals surface area (Å²) in [5, 5.41) is 0. The molecule has 0 saturated carbocycles. The molecule has 0 aromatic carbocycles. The maximum Gasteiger partial charge on any atom is 0.355 e. The Balaban J connectivity index is 2.45. The fourth-order valence-electron chi connectivity index (χ4n) is 1.67. The van der Waals surface area contributed by atoms with Crippen molar-refractivity contribution in [2.24, 2.45) is 0 Å². The number of nitrogens with zero attached hydrogens (tertiary/aromatic N) is 1. The molecule has 2 N–H and O–H groups in total. The fraction of sp³-hybridized carbons (Fsp3) is 0.615. The normalized spacial score (nSPS) is 10.6. The maximum atomic E-state index is 11.9. The molecule has 5 heteroatoms. The Morgan fingerprint density at radius 2 is 2.28 bits per heavy atom. The second kappa shape index (κ2) is 8.08. The number of nitrogen functional groups attached to an aromatic ring is 1. The van der Waals surface area contributed by atoms with Gasteiger partial charge in [-0.15, -0.1) is 0 Å². The molecule has 0 aliphatic carbocycles. The van der Waals surface area contributed by atoms with Crippen LogP contribution in [0.25, 0.3) is 0 Å². The van der Waals surface area contributed by atoms with Gasteiger partial charge in [-0.3, -0.25) is 0 Å². The van der Waals surface area contributed by atoms with E-state index in [4.69, 9.17) is 10.5 Å². The molecule has 102 valence electrons. The van der Waals surface area contributed by atoms with Crippen LogP contribution >= 0.6 is 11.8 Å². The number of ether oxygens (including phenoxy) is 1. The van der Waals surface area contributed by atoms with E-state index in [9.17, 15) is 4.79 Å². The third kappa shape index (κ3) is 4.64. The quantitative estimate of drug-likeness (QED) is 0.583. The summed E-state index contributed by atoms with van der Waals surface area (Å²) in [5.41, 5.74) is 6.87. The van der Waals surface area contributed by atoms with Crippen LogP contribution in [0.15, 0.2) is 12.3 Å². The van der Waals surface area contributed by atoms with Crippen molar-refractivity contribution in [2.75, 3.05) is 23.8 Å². The maximum absolute atomic E-state index is 11.9. The van der Waals surface area contributed by atoms with Crippen molar-refractivity contribution in [2.45, 2.75) is 33.2 Å². The summed E-state index contributed by atoms with van der Waals surface area (Å²) in [4.78, 5) is 11.9. The lowest BCUT2D eigenvalue weighted by Gasteiger charge is -2.07. The monoisotopic (exact) mass is 270 g/mol. The molecule has 0 aliphatic heterocycles. The van der Waals surface area contributed by atoms with Gasteiger partial charge in [0.2, 0.25) is 0 Å². The summed E-state index contributed by atoms with van der Waals surface area (Å²) in [6, 6.07) is 1.68. The van der Waals surface area contributed by atoms with E-state index in [1.807, 2.05) is 16.3 Å². The first-order chi connectivity index (χ1) is 8.69. The number of hydrogen-bond donors (Lipinski definition) is 1. The second-order valence-electron chi connectivity index (χ2n) is 4.04. The highest BCUT2D eigenvalue weighted by Crippen LogP contribution is 2.13. The molecule has 18 heavy (non-hydrogen) atoms. The van der Waals surface area contributed by atoms with E-state index in [0.717, 1.165) is 30.9 Å². The molecular weight excluding hydrogens is 248 g/mol. The number of rotatable bonds is 8. The number of nitrogens with two attached hydrogens (primary N) is 1. The predicted molar refractivity (Wildman–Crippen MR) is 77.0 cm³/mol. The smallest absolute Gasteiger partial charge is 0.355 e. The molecule has 0 atom stereocenters. The Hall–Kier alpha value is -1.10. The molecule has 1 heterocycles. The molecule has 1 aromatic rings. The van der Waals surface area contributed by atoms with Crippen LogP contribution in [0.1, 0.15) is 37.2 Å². The Bertz CT molecular complexity index is 377. The van der Waals surface area contributed by atoms with Crippen LogP contribution in [0.3, 0.4) is 0 Å². The molecule has 1 rings (SSSR count). The lowest BCUT2D eigenvalue weighted by atomic mass is 10.4. The van der Waals surface area contributed by atoms with Crippen molar-refractivity contribution in [3.05, 3.63) is 18.0 Å². The summed E-state index contributed by atoms with van der Waals surface area (Å²) < 4.78 is 7.11. The first kappa shape index (κ1) is 15.0. The highest BCUT2D eigenvalue weighted by molar-refractivity contribution is 7.99. The van der Waals surface area contributed by atoms with Gasteiger partial charge in [0.1, 0.15) is 5.69 Å². The minimum absolute atomic E-state index is 0.276. The molecule has 1 aromatic heterocycles. The number of carbonyl (C=O) groups is 1. The molecule has 0 aliphatic rings. The average molecular weight is 270 g/mol. The fourth-order valence-corrected chi connectivity index (χ4v) is 2.28. The first-order valence-corrected chi connectivity index (χ1v) is 7.55. The van der Waals surface area contributed by atoms with Gasteiger partial charge in [0.15, 0.2) is 0 Å². The third-order valence-corrected chi connectivity index (χ3v) is 3.45. The van der Waals surface area contributed by atoms with Gasteiger partial charge in [0.05, 0.1) is 12.3 Å². The zero-order valence-corrected chi connectivity index (χ0v) is 12.0. The topological polar surface area (TPSA) is 57.2 Å². The number of carbonyl (C=O) groups excluding carboxylic acids is 1. The van der Waals surface area contributed by atoms with Crippen molar-refractivity contribution in [1.82, 2.24) is 4.57 Å². The van der Waals surface area contributed by atoms with E-state index in [0.29, 0.717) is 18.0 Å². The SMILES string of the molecule is CCCn1cc(N)cc1C(=O)OCCCSCC. The van der Waals surface area contributed by atoms with E-state index in [-0.39, 0.29) is 5.97 Å². The average Bonchev–Trinajstić information content (AvgIpc) is 2.70. The van der Waals surface area contributed by atoms with Gasteiger partial charge in [0.25, 0.3) is 0 Å². The summed E-state index contributed by atoms with van der Waals surface area (Å²) in [6.07, 6.45) is 3.64. The minimum Gasteiger partial charge on any atom is -0.461 e. The number of esters is 1. The van der Waals surface area contributed by atoms with E-state index >= 15 is 0 Å². The minimum atomic E-state index is -0.276. The van der Waals surface area contributed by atoms with Crippen LogP contribution < -0.4 is 5.73 Å². The molecule has 4 nitrogen and oxygen atoms in total. The Labute approximate surface area is 113 Å². The Morgan fingerprint density at radius 1 is 1.50 bits per heavy atom. The zero-order valence-electron chi connectivity index (χ0n) is 11.1. The van der Waals surface area contributed by atoms with Crippen LogP contribution in [-0.4, -0.2) is 28.6 Å². The molecule has 0 bridgehead atoms. The summed E-state index contributed by atoms with van der Waals surface area (Å²) in [5.74, 6) is 1.85. The van der Waals surface area contributed by atoms with Crippen LogP contribution in [-0.2, 0) is 11.3 Å². The summed E-state index contributed by atoms with van der Waals surface area (Å²) in [7, 11) is 0. The molecule has 0 unspecified atom stereocenters. The third-order valence-electron chi connectivity index (χ3n) is 2.46. The van der Waals surface area contributed by atoms with Crippen molar-refractivity contribution >= 4 is 23.4 Å². The zero-order chi connectivity index (χ0) is 13.4. The van der Waals surface area contributed by atoms with Gasteiger partial charge < -0.3 is 15.0 Å². The van der Waals surface area contributed by atoms with Crippen LogP contribution in [0.2, 0.25) is 0 Å². The largest absolute Gasteiger partial charge is 0.461 e. The van der Waals surface area contributed by atoms with Crippen LogP contribution in [0, 0.1) is 0 Å².